The minimum absolute atomic E-state index is 0.119. The Balaban J connectivity index is 1.21. The molecule has 0 spiro atoms. The van der Waals surface area contributed by atoms with Gasteiger partial charge < -0.3 is 28.8 Å². The molecule has 0 aliphatic carbocycles. The Bertz CT molecular complexity index is 1310. The third-order valence-electron chi connectivity index (χ3n) is 6.61. The molecule has 0 saturated carbocycles. The van der Waals surface area contributed by atoms with Gasteiger partial charge in [0.05, 0.1) is 43.5 Å². The van der Waals surface area contributed by atoms with Gasteiger partial charge in [-0.15, -0.1) is 0 Å². The second kappa shape index (κ2) is 10.4. The molecule has 36 heavy (non-hydrogen) atoms. The fraction of sp³-hybridized carbons (Fsp3) is 0.458. The Morgan fingerprint density at radius 2 is 1.83 bits per heavy atom. The smallest absolute Gasteiger partial charge is 0.407 e. The van der Waals surface area contributed by atoms with Crippen LogP contribution in [0.15, 0.2) is 35.5 Å². The standard InChI is InChI=1S/C24H28N6O6/c1-34-18-11-19-23(26-12-18)27-14-22(31)29(19)7-6-28-4-2-17(3-5-28)30(24(32)33)15-16-10-20-21(13-25-16)36-9-8-35-20/h10-14,17H,2-9,15H2,1H3,(H,32,33). The van der Waals surface area contributed by atoms with E-state index in [1.807, 2.05) is 0 Å². The van der Waals surface area contributed by atoms with Gasteiger partial charge in [0.15, 0.2) is 17.1 Å². The number of nitrogens with zero attached hydrogens (tertiary/aromatic N) is 6. The number of carbonyl (C=O) groups is 1. The molecule has 3 aromatic heterocycles. The number of hydrogen-bond acceptors (Lipinski definition) is 9. The Morgan fingerprint density at radius 3 is 2.58 bits per heavy atom. The number of pyridine rings is 2. The minimum Gasteiger partial charge on any atom is -0.495 e. The Morgan fingerprint density at radius 1 is 1.08 bits per heavy atom. The van der Waals surface area contributed by atoms with Crippen molar-refractivity contribution in [1.29, 1.82) is 0 Å². The van der Waals surface area contributed by atoms with E-state index in [4.69, 9.17) is 14.2 Å². The maximum absolute atomic E-state index is 12.5. The van der Waals surface area contributed by atoms with Crippen molar-refractivity contribution in [1.82, 2.24) is 29.3 Å². The summed E-state index contributed by atoms with van der Waals surface area (Å²) in [6.07, 6.45) is 4.86. The predicted octanol–water partition coefficient (Wildman–Crippen LogP) is 1.61. The number of aromatic nitrogens is 4. The summed E-state index contributed by atoms with van der Waals surface area (Å²) >= 11 is 0. The summed E-state index contributed by atoms with van der Waals surface area (Å²) in [6.45, 7) is 3.70. The molecule has 190 valence electrons. The van der Waals surface area contributed by atoms with Gasteiger partial charge in [-0.1, -0.05) is 0 Å². The van der Waals surface area contributed by atoms with Crippen LogP contribution in [-0.2, 0) is 13.1 Å². The lowest BCUT2D eigenvalue weighted by atomic mass is 10.0. The summed E-state index contributed by atoms with van der Waals surface area (Å²) in [6, 6.07) is 3.39. The highest BCUT2D eigenvalue weighted by Gasteiger charge is 2.29. The first-order valence-electron chi connectivity index (χ1n) is 11.9. The van der Waals surface area contributed by atoms with E-state index in [2.05, 4.69) is 19.9 Å². The fourth-order valence-electron chi connectivity index (χ4n) is 4.67. The average Bonchev–Trinajstić information content (AvgIpc) is 2.91. The topological polar surface area (TPSA) is 132 Å². The van der Waals surface area contributed by atoms with E-state index in [0.717, 1.165) is 13.1 Å². The molecular formula is C24H28N6O6. The summed E-state index contributed by atoms with van der Waals surface area (Å²) < 4.78 is 18.0. The first-order valence-corrected chi connectivity index (χ1v) is 11.9. The van der Waals surface area contributed by atoms with Crippen LogP contribution in [0.4, 0.5) is 4.79 Å². The van der Waals surface area contributed by atoms with Crippen molar-refractivity contribution in [2.45, 2.75) is 32.0 Å². The number of likely N-dealkylation sites (tertiary alicyclic amines) is 1. The maximum atomic E-state index is 12.5. The van der Waals surface area contributed by atoms with E-state index in [-0.39, 0.29) is 18.1 Å². The van der Waals surface area contributed by atoms with E-state index in [9.17, 15) is 14.7 Å². The van der Waals surface area contributed by atoms with Crippen molar-refractivity contribution in [3.63, 3.8) is 0 Å². The molecule has 12 nitrogen and oxygen atoms in total. The van der Waals surface area contributed by atoms with Gasteiger partial charge in [-0.3, -0.25) is 14.7 Å². The van der Waals surface area contributed by atoms with Crippen LogP contribution in [0.5, 0.6) is 17.2 Å². The number of ether oxygens (including phenoxy) is 3. The molecule has 1 saturated heterocycles. The lowest BCUT2D eigenvalue weighted by molar-refractivity contribution is 0.0848. The molecule has 0 bridgehead atoms. The predicted molar refractivity (Wildman–Crippen MR) is 129 cm³/mol. The lowest BCUT2D eigenvalue weighted by Crippen LogP contribution is -2.47. The van der Waals surface area contributed by atoms with Crippen LogP contribution in [0.1, 0.15) is 18.5 Å². The van der Waals surface area contributed by atoms with Gasteiger partial charge in [0, 0.05) is 44.4 Å². The second-order valence-corrected chi connectivity index (χ2v) is 8.77. The number of fused-ring (bicyclic) bond motifs is 2. The molecule has 0 unspecified atom stereocenters. The number of amides is 1. The number of methoxy groups -OCH3 is 1. The number of piperidine rings is 1. The summed E-state index contributed by atoms with van der Waals surface area (Å²) in [5.74, 6) is 1.74. The van der Waals surface area contributed by atoms with Crippen molar-refractivity contribution in [3.8, 4) is 17.2 Å². The van der Waals surface area contributed by atoms with Crippen LogP contribution in [-0.4, -0.2) is 86.5 Å². The molecule has 3 aromatic rings. The van der Waals surface area contributed by atoms with Gasteiger partial charge in [-0.25, -0.2) is 14.8 Å². The molecular weight excluding hydrogens is 468 g/mol. The van der Waals surface area contributed by atoms with Crippen LogP contribution >= 0.6 is 0 Å². The largest absolute Gasteiger partial charge is 0.495 e. The van der Waals surface area contributed by atoms with Gasteiger partial charge in [-0.05, 0) is 12.8 Å². The van der Waals surface area contributed by atoms with Crippen LogP contribution in [0.3, 0.4) is 0 Å². The highest BCUT2D eigenvalue weighted by atomic mass is 16.6. The van der Waals surface area contributed by atoms with Crippen molar-refractivity contribution >= 4 is 17.3 Å². The quantitative estimate of drug-likeness (QED) is 0.514. The molecule has 1 N–H and O–H groups in total. The summed E-state index contributed by atoms with van der Waals surface area (Å²) in [5, 5.41) is 9.89. The van der Waals surface area contributed by atoms with Gasteiger partial charge in [0.1, 0.15) is 19.0 Å². The molecule has 2 aliphatic heterocycles. The van der Waals surface area contributed by atoms with Crippen molar-refractivity contribution in [3.05, 3.63) is 46.8 Å². The van der Waals surface area contributed by atoms with E-state index >= 15 is 0 Å². The number of rotatable bonds is 7. The van der Waals surface area contributed by atoms with Gasteiger partial charge >= 0.3 is 6.09 Å². The monoisotopic (exact) mass is 496 g/mol. The molecule has 1 fully saturated rings. The molecule has 0 radical (unpaired) electrons. The maximum Gasteiger partial charge on any atom is 0.407 e. The Labute approximate surface area is 207 Å². The zero-order valence-electron chi connectivity index (χ0n) is 20.0. The van der Waals surface area contributed by atoms with Crippen LogP contribution < -0.4 is 19.8 Å². The molecule has 5 rings (SSSR count). The van der Waals surface area contributed by atoms with Gasteiger partial charge in [0.25, 0.3) is 5.56 Å². The first kappa shape index (κ1) is 23.8. The van der Waals surface area contributed by atoms with Crippen molar-refractivity contribution in [2.24, 2.45) is 0 Å². The molecule has 0 atom stereocenters. The van der Waals surface area contributed by atoms with Crippen molar-refractivity contribution < 1.29 is 24.1 Å². The van der Waals surface area contributed by atoms with Gasteiger partial charge in [-0.2, -0.15) is 0 Å². The van der Waals surface area contributed by atoms with E-state index in [1.165, 1.54) is 11.1 Å². The Hall–Kier alpha value is -3.93. The normalized spacial score (nSPS) is 16.1. The first-order chi connectivity index (χ1) is 17.5. The molecule has 0 aromatic carbocycles. The SMILES string of the molecule is COc1cnc2ncc(=O)n(CCN3CCC(N(Cc4cc5c(cn4)OCCO5)C(=O)O)CC3)c2c1. The molecule has 2 aliphatic rings. The third-order valence-corrected chi connectivity index (χ3v) is 6.61. The molecule has 5 heterocycles. The summed E-state index contributed by atoms with van der Waals surface area (Å²) in [4.78, 5) is 41.0. The zero-order chi connectivity index (χ0) is 25.1. The van der Waals surface area contributed by atoms with Crippen LogP contribution in [0, 0.1) is 0 Å². The van der Waals surface area contributed by atoms with Crippen LogP contribution in [0.25, 0.3) is 11.2 Å². The molecule has 12 heteroatoms. The number of carboxylic acid groups (broad SMARTS) is 1. The van der Waals surface area contributed by atoms with Crippen LogP contribution in [0.2, 0.25) is 0 Å². The third kappa shape index (κ3) is 5.03. The second-order valence-electron chi connectivity index (χ2n) is 8.77. The fourth-order valence-corrected chi connectivity index (χ4v) is 4.67. The van der Waals surface area contributed by atoms with E-state index < -0.39 is 6.09 Å². The van der Waals surface area contributed by atoms with E-state index in [0.29, 0.717) is 73.3 Å². The minimum atomic E-state index is -0.971. The Kier molecular flexibility index (Phi) is 6.85. The van der Waals surface area contributed by atoms with Gasteiger partial charge in [0.2, 0.25) is 0 Å². The molecule has 1 amide bonds. The zero-order valence-corrected chi connectivity index (χ0v) is 20.0. The van der Waals surface area contributed by atoms with Crippen molar-refractivity contribution in [2.75, 3.05) is 40.0 Å². The summed E-state index contributed by atoms with van der Waals surface area (Å²) in [7, 11) is 1.55. The lowest BCUT2D eigenvalue weighted by Gasteiger charge is -2.37. The average molecular weight is 497 g/mol. The summed E-state index contributed by atoms with van der Waals surface area (Å²) in [5.41, 5.74) is 1.54. The van der Waals surface area contributed by atoms with E-state index in [1.54, 1.807) is 36.2 Å². The highest BCUT2D eigenvalue weighted by Crippen LogP contribution is 2.30. The highest BCUT2D eigenvalue weighted by molar-refractivity contribution is 5.71. The number of hydrogen-bond donors (Lipinski definition) is 1.